The van der Waals surface area contributed by atoms with E-state index in [0.717, 1.165) is 38.6 Å². The molecule has 0 bridgehead atoms. The minimum Gasteiger partial charge on any atom is -0.313 e. The first-order chi connectivity index (χ1) is 7.11. The number of nitrogens with one attached hydrogen (secondary N) is 1. The van der Waals surface area contributed by atoms with Crippen molar-refractivity contribution in [2.45, 2.75) is 57.2 Å². The molecule has 0 radical (unpaired) electrons. The van der Waals surface area contributed by atoms with Gasteiger partial charge in [-0.2, -0.15) is 0 Å². The van der Waals surface area contributed by atoms with E-state index in [2.05, 4.69) is 12.2 Å². The van der Waals surface area contributed by atoms with Crippen molar-refractivity contribution in [2.24, 2.45) is 0 Å². The molecule has 0 aliphatic carbocycles. The van der Waals surface area contributed by atoms with Crippen LogP contribution in [0.25, 0.3) is 0 Å². The van der Waals surface area contributed by atoms with Gasteiger partial charge in [0.15, 0.2) is 9.84 Å². The Hall–Kier alpha value is -0.0900. The molecule has 0 aromatic heterocycles. The first kappa shape index (κ1) is 13.0. The van der Waals surface area contributed by atoms with Gasteiger partial charge in [-0.15, -0.1) is 0 Å². The van der Waals surface area contributed by atoms with Crippen molar-refractivity contribution in [3.05, 3.63) is 0 Å². The van der Waals surface area contributed by atoms with E-state index in [1.165, 1.54) is 0 Å². The highest BCUT2D eigenvalue weighted by molar-refractivity contribution is 7.92. The molecule has 0 saturated carbocycles. The molecule has 1 rings (SSSR count). The summed E-state index contributed by atoms with van der Waals surface area (Å²) in [6.07, 6.45) is 4.78. The summed E-state index contributed by atoms with van der Waals surface area (Å²) in [6, 6.07) is 0.172. The summed E-state index contributed by atoms with van der Waals surface area (Å²) in [5.41, 5.74) is 0. The maximum absolute atomic E-state index is 11.9. The van der Waals surface area contributed by atoms with Crippen LogP contribution < -0.4 is 5.32 Å². The zero-order chi connectivity index (χ0) is 11.3. The lowest BCUT2D eigenvalue weighted by atomic mass is 10.0. The van der Waals surface area contributed by atoms with E-state index in [-0.39, 0.29) is 11.3 Å². The average molecular weight is 233 g/mol. The zero-order valence-corrected chi connectivity index (χ0v) is 10.6. The Morgan fingerprint density at radius 2 is 2.07 bits per heavy atom. The van der Waals surface area contributed by atoms with Gasteiger partial charge in [-0.3, -0.25) is 0 Å². The van der Waals surface area contributed by atoms with Crippen molar-refractivity contribution >= 4 is 9.84 Å². The lowest BCUT2D eigenvalue weighted by Gasteiger charge is -2.30. The van der Waals surface area contributed by atoms with E-state index in [4.69, 9.17) is 0 Å². The van der Waals surface area contributed by atoms with Gasteiger partial charge in [-0.05, 0) is 25.8 Å². The second kappa shape index (κ2) is 5.85. The Kier molecular flexibility index (Phi) is 5.06. The molecule has 1 aliphatic rings. The third-order valence-corrected chi connectivity index (χ3v) is 5.49. The lowest BCUT2D eigenvalue weighted by Crippen LogP contribution is -2.46. The van der Waals surface area contributed by atoms with Crippen molar-refractivity contribution in [2.75, 3.05) is 12.3 Å². The fourth-order valence-electron chi connectivity index (χ4n) is 2.42. The zero-order valence-electron chi connectivity index (χ0n) is 9.83. The first-order valence-electron chi connectivity index (χ1n) is 6.06. The van der Waals surface area contributed by atoms with E-state index in [1.807, 2.05) is 6.92 Å². The highest BCUT2D eigenvalue weighted by Crippen LogP contribution is 2.24. The van der Waals surface area contributed by atoms with Crippen molar-refractivity contribution in [3.63, 3.8) is 0 Å². The summed E-state index contributed by atoms with van der Waals surface area (Å²) in [6.45, 7) is 5.01. The predicted octanol–water partition coefficient (Wildman–Crippen LogP) is 1.73. The molecule has 1 N–H and O–H groups in total. The Balaban J connectivity index is 2.71. The average Bonchev–Trinajstić information content (AvgIpc) is 2.17. The smallest absolute Gasteiger partial charge is 0.154 e. The molecule has 1 saturated heterocycles. The molecule has 15 heavy (non-hydrogen) atoms. The van der Waals surface area contributed by atoms with Crippen LogP contribution in [0.3, 0.4) is 0 Å². The van der Waals surface area contributed by atoms with Gasteiger partial charge in [-0.1, -0.05) is 26.7 Å². The fraction of sp³-hybridized carbons (Fsp3) is 1.00. The fourth-order valence-corrected chi connectivity index (χ4v) is 4.59. The summed E-state index contributed by atoms with van der Waals surface area (Å²) in [5.74, 6) is 0.392. The molecule has 1 aliphatic heterocycles. The van der Waals surface area contributed by atoms with Crippen LogP contribution in [0.4, 0.5) is 0 Å². The molecular formula is C11H23NO2S. The van der Waals surface area contributed by atoms with Crippen LogP contribution in [-0.4, -0.2) is 32.0 Å². The molecule has 0 amide bonds. The van der Waals surface area contributed by atoms with E-state index in [9.17, 15) is 8.42 Å². The van der Waals surface area contributed by atoms with Gasteiger partial charge in [0.25, 0.3) is 0 Å². The van der Waals surface area contributed by atoms with Crippen LogP contribution in [0.1, 0.15) is 46.0 Å². The second-order valence-corrected chi connectivity index (χ2v) is 6.69. The maximum atomic E-state index is 11.9. The lowest BCUT2D eigenvalue weighted by molar-refractivity contribution is 0.421. The van der Waals surface area contributed by atoms with E-state index in [0.29, 0.717) is 5.75 Å². The van der Waals surface area contributed by atoms with Crippen LogP contribution in [-0.2, 0) is 9.84 Å². The molecule has 1 heterocycles. The number of hydrogen-bond donors (Lipinski definition) is 1. The molecule has 0 spiro atoms. The molecule has 2 unspecified atom stereocenters. The van der Waals surface area contributed by atoms with Crippen molar-refractivity contribution in [3.8, 4) is 0 Å². The molecule has 0 aromatic carbocycles. The van der Waals surface area contributed by atoms with Gasteiger partial charge in [0.05, 0.1) is 11.0 Å². The van der Waals surface area contributed by atoms with Crippen LogP contribution >= 0.6 is 0 Å². The molecule has 90 valence electrons. The third-order valence-electron chi connectivity index (χ3n) is 3.14. The first-order valence-corrected chi connectivity index (χ1v) is 7.78. The number of rotatable bonds is 5. The van der Waals surface area contributed by atoms with Crippen LogP contribution in [0, 0.1) is 0 Å². The highest BCUT2D eigenvalue weighted by Gasteiger charge is 2.34. The van der Waals surface area contributed by atoms with Crippen molar-refractivity contribution < 1.29 is 8.42 Å². The summed E-state index contributed by atoms with van der Waals surface area (Å²) in [7, 11) is -2.83. The van der Waals surface area contributed by atoms with E-state index < -0.39 is 9.84 Å². The predicted molar refractivity (Wildman–Crippen MR) is 63.8 cm³/mol. The monoisotopic (exact) mass is 233 g/mol. The topological polar surface area (TPSA) is 46.2 Å². The standard InChI is InChI=1S/C11H23NO2S/c1-3-7-10(12-4-2)11-8-5-6-9-15(11,13)14/h10-12H,3-9H2,1-2H3. The van der Waals surface area contributed by atoms with Gasteiger partial charge in [0.2, 0.25) is 0 Å². The summed E-state index contributed by atoms with van der Waals surface area (Å²) in [5, 5.41) is 3.20. The quantitative estimate of drug-likeness (QED) is 0.786. The van der Waals surface area contributed by atoms with E-state index in [1.54, 1.807) is 0 Å². The summed E-state index contributed by atoms with van der Waals surface area (Å²) < 4.78 is 23.9. The number of sulfone groups is 1. The molecule has 4 heteroatoms. The summed E-state index contributed by atoms with van der Waals surface area (Å²) in [4.78, 5) is 0. The van der Waals surface area contributed by atoms with Crippen LogP contribution in [0.15, 0.2) is 0 Å². The van der Waals surface area contributed by atoms with Crippen LogP contribution in [0.5, 0.6) is 0 Å². The Labute approximate surface area is 93.6 Å². The van der Waals surface area contributed by atoms with Gasteiger partial charge in [0.1, 0.15) is 0 Å². The maximum Gasteiger partial charge on any atom is 0.154 e. The molecule has 0 aromatic rings. The van der Waals surface area contributed by atoms with Crippen LogP contribution in [0.2, 0.25) is 0 Å². The Morgan fingerprint density at radius 3 is 2.60 bits per heavy atom. The largest absolute Gasteiger partial charge is 0.313 e. The minimum absolute atomic E-state index is 0.133. The van der Waals surface area contributed by atoms with Gasteiger partial charge >= 0.3 is 0 Å². The highest BCUT2D eigenvalue weighted by atomic mass is 32.2. The van der Waals surface area contributed by atoms with E-state index >= 15 is 0 Å². The molecule has 2 atom stereocenters. The molecule has 1 fully saturated rings. The van der Waals surface area contributed by atoms with Crippen molar-refractivity contribution in [1.29, 1.82) is 0 Å². The summed E-state index contributed by atoms with van der Waals surface area (Å²) >= 11 is 0. The SMILES string of the molecule is CCCC(NCC)C1CCCCS1(=O)=O. The molecule has 3 nitrogen and oxygen atoms in total. The van der Waals surface area contributed by atoms with Crippen molar-refractivity contribution in [1.82, 2.24) is 5.32 Å². The van der Waals surface area contributed by atoms with Gasteiger partial charge < -0.3 is 5.32 Å². The third kappa shape index (κ3) is 3.45. The van der Waals surface area contributed by atoms with Gasteiger partial charge in [-0.25, -0.2) is 8.42 Å². The molecular weight excluding hydrogens is 210 g/mol. The minimum atomic E-state index is -2.83. The number of hydrogen-bond acceptors (Lipinski definition) is 3. The Bertz CT molecular complexity index is 268. The normalized spacial score (nSPS) is 27.5. The Morgan fingerprint density at radius 1 is 1.33 bits per heavy atom. The van der Waals surface area contributed by atoms with Gasteiger partial charge in [0, 0.05) is 6.04 Å². The second-order valence-electron chi connectivity index (χ2n) is 4.35.